The third-order valence-corrected chi connectivity index (χ3v) is 7.30. The average Bonchev–Trinajstić information content (AvgIpc) is 3.11. The Morgan fingerprint density at radius 2 is 1.97 bits per heavy atom. The molecule has 170 valence electrons. The molecule has 1 saturated heterocycles. The van der Waals surface area contributed by atoms with Crippen molar-refractivity contribution in [3.05, 3.63) is 28.8 Å². The number of hydrogen-bond donors (Lipinski definition) is 0. The summed E-state index contributed by atoms with van der Waals surface area (Å²) in [4.78, 5) is 31.7. The Morgan fingerprint density at radius 3 is 2.58 bits per heavy atom. The predicted octanol–water partition coefficient (Wildman–Crippen LogP) is 1.62. The van der Waals surface area contributed by atoms with Gasteiger partial charge in [-0.3, -0.25) is 14.2 Å². The molecule has 1 amide bonds. The lowest BCUT2D eigenvalue weighted by molar-refractivity contribution is -0.133. The van der Waals surface area contributed by atoms with Gasteiger partial charge in [-0.2, -0.15) is 0 Å². The Labute approximate surface area is 181 Å². The molecule has 10 heteroatoms. The molecule has 1 fully saturated rings. The lowest BCUT2D eigenvalue weighted by Crippen LogP contribution is -2.41. The van der Waals surface area contributed by atoms with Crippen molar-refractivity contribution in [2.24, 2.45) is 0 Å². The van der Waals surface area contributed by atoms with E-state index in [0.717, 1.165) is 6.42 Å². The second-order valence-electron chi connectivity index (χ2n) is 7.72. The molecule has 0 saturated carbocycles. The van der Waals surface area contributed by atoms with Gasteiger partial charge in [-0.05, 0) is 25.3 Å². The van der Waals surface area contributed by atoms with Crippen molar-refractivity contribution in [1.29, 1.82) is 0 Å². The third kappa shape index (κ3) is 5.17. The fourth-order valence-corrected chi connectivity index (χ4v) is 5.69. The fraction of sp³-hybridized carbons (Fsp3) is 0.571. The summed E-state index contributed by atoms with van der Waals surface area (Å²) >= 11 is 0. The Kier molecular flexibility index (Phi) is 7.19. The van der Waals surface area contributed by atoms with Gasteiger partial charge in [0.25, 0.3) is 5.56 Å². The second-order valence-corrected chi connectivity index (χ2v) is 9.94. The Bertz CT molecular complexity index is 1110. The molecule has 0 aliphatic carbocycles. The molecule has 1 aliphatic rings. The molecule has 1 aliphatic heterocycles. The van der Waals surface area contributed by atoms with Crippen LogP contribution in [0.2, 0.25) is 0 Å². The molecule has 9 nitrogen and oxygen atoms in total. The number of nitrogens with zero attached hydrogens (tertiary/aromatic N) is 3. The van der Waals surface area contributed by atoms with E-state index < -0.39 is 9.84 Å². The van der Waals surface area contributed by atoms with Crippen molar-refractivity contribution in [3.63, 3.8) is 0 Å². The quantitative estimate of drug-likeness (QED) is 0.570. The summed E-state index contributed by atoms with van der Waals surface area (Å²) in [5.41, 5.74) is 0.289. The molecule has 0 radical (unpaired) electrons. The average molecular weight is 452 g/mol. The molecule has 0 spiro atoms. The molecule has 0 N–H and O–H groups in total. The molecular formula is C21H29N3O6S. The SMILES string of the molecule is CCCN(C(=O)CCCn1cnc2cc(OC)c(OC)cc2c1=O)C1CCS(=O)(=O)C1. The number of ether oxygens (including phenoxy) is 2. The zero-order valence-electron chi connectivity index (χ0n) is 18.2. The van der Waals surface area contributed by atoms with E-state index in [1.165, 1.54) is 25.1 Å². The summed E-state index contributed by atoms with van der Waals surface area (Å²) in [6, 6.07) is 3.01. The van der Waals surface area contributed by atoms with Crippen molar-refractivity contribution >= 4 is 26.6 Å². The van der Waals surface area contributed by atoms with E-state index in [0.29, 0.717) is 48.3 Å². The summed E-state index contributed by atoms with van der Waals surface area (Å²) in [5.74, 6) is 1.05. The number of benzene rings is 1. The number of fused-ring (bicyclic) bond motifs is 1. The summed E-state index contributed by atoms with van der Waals surface area (Å²) in [7, 11) is -0.0394. The first-order valence-corrected chi connectivity index (χ1v) is 12.2. The number of hydrogen-bond acceptors (Lipinski definition) is 7. The van der Waals surface area contributed by atoms with Gasteiger partial charge in [0.15, 0.2) is 21.3 Å². The highest BCUT2D eigenvalue weighted by atomic mass is 32.2. The number of aromatic nitrogens is 2. The van der Waals surface area contributed by atoms with Crippen molar-refractivity contribution in [2.75, 3.05) is 32.3 Å². The molecule has 3 rings (SSSR count). The summed E-state index contributed by atoms with van der Waals surface area (Å²) in [6.45, 7) is 2.84. The van der Waals surface area contributed by atoms with Gasteiger partial charge in [0.1, 0.15) is 0 Å². The summed E-state index contributed by atoms with van der Waals surface area (Å²) in [5, 5.41) is 0.412. The highest BCUT2D eigenvalue weighted by molar-refractivity contribution is 7.91. The van der Waals surface area contributed by atoms with Crippen LogP contribution in [-0.2, 0) is 21.2 Å². The molecular weight excluding hydrogens is 422 g/mol. The minimum Gasteiger partial charge on any atom is -0.493 e. The van der Waals surface area contributed by atoms with Crippen molar-refractivity contribution in [2.45, 2.75) is 45.2 Å². The monoisotopic (exact) mass is 451 g/mol. The van der Waals surface area contributed by atoms with Crippen LogP contribution in [0.15, 0.2) is 23.3 Å². The largest absolute Gasteiger partial charge is 0.493 e. The normalized spacial score (nSPS) is 17.6. The van der Waals surface area contributed by atoms with Gasteiger partial charge in [-0.15, -0.1) is 0 Å². The Hall–Kier alpha value is -2.62. The fourth-order valence-electron chi connectivity index (χ4n) is 3.96. The van der Waals surface area contributed by atoms with E-state index in [1.807, 2.05) is 6.92 Å². The zero-order chi connectivity index (χ0) is 22.6. The maximum absolute atomic E-state index is 12.9. The standard InChI is InChI=1S/C21H29N3O6S/c1-4-8-24(15-7-10-31(27,28)13-15)20(25)6-5-9-23-14-22-17-12-19(30-3)18(29-2)11-16(17)21(23)26/h11-12,14-15H,4-10,13H2,1-3H3. The maximum atomic E-state index is 12.9. The lowest BCUT2D eigenvalue weighted by Gasteiger charge is -2.28. The first kappa shape index (κ1) is 23.1. The van der Waals surface area contributed by atoms with E-state index in [-0.39, 0.29) is 35.4 Å². The number of sulfone groups is 1. The smallest absolute Gasteiger partial charge is 0.261 e. The minimum atomic E-state index is -3.06. The number of carbonyl (C=O) groups excluding carboxylic acids is 1. The molecule has 2 heterocycles. The molecule has 1 atom stereocenters. The van der Waals surface area contributed by atoms with E-state index in [1.54, 1.807) is 17.0 Å². The van der Waals surface area contributed by atoms with Crippen molar-refractivity contribution in [1.82, 2.24) is 14.5 Å². The molecule has 1 aromatic heterocycles. The van der Waals surface area contributed by atoms with Gasteiger partial charge in [0.05, 0.1) is 43.0 Å². The number of carbonyl (C=O) groups is 1. The van der Waals surface area contributed by atoms with E-state index in [2.05, 4.69) is 4.98 Å². The Balaban J connectivity index is 1.69. The number of methoxy groups -OCH3 is 2. The number of aryl methyl sites for hydroxylation is 1. The Morgan fingerprint density at radius 1 is 1.26 bits per heavy atom. The lowest BCUT2D eigenvalue weighted by atomic mass is 10.1. The van der Waals surface area contributed by atoms with Crippen LogP contribution in [0.4, 0.5) is 0 Å². The van der Waals surface area contributed by atoms with Crippen LogP contribution in [0.3, 0.4) is 0 Å². The maximum Gasteiger partial charge on any atom is 0.261 e. The molecule has 2 aromatic rings. The zero-order valence-corrected chi connectivity index (χ0v) is 19.0. The highest BCUT2D eigenvalue weighted by Crippen LogP contribution is 2.29. The first-order valence-electron chi connectivity index (χ1n) is 10.4. The van der Waals surface area contributed by atoms with E-state index in [4.69, 9.17) is 9.47 Å². The van der Waals surface area contributed by atoms with Crippen LogP contribution in [-0.4, -0.2) is 67.1 Å². The van der Waals surface area contributed by atoms with Gasteiger partial charge in [0.2, 0.25) is 5.91 Å². The van der Waals surface area contributed by atoms with Crippen molar-refractivity contribution < 1.29 is 22.7 Å². The second kappa shape index (κ2) is 9.67. The van der Waals surface area contributed by atoms with Crippen LogP contribution in [0.5, 0.6) is 11.5 Å². The molecule has 0 bridgehead atoms. The van der Waals surface area contributed by atoms with Crippen LogP contribution in [0.25, 0.3) is 10.9 Å². The molecule has 31 heavy (non-hydrogen) atoms. The number of rotatable bonds is 9. The van der Waals surface area contributed by atoms with Crippen LogP contribution >= 0.6 is 0 Å². The van der Waals surface area contributed by atoms with Crippen LogP contribution < -0.4 is 15.0 Å². The van der Waals surface area contributed by atoms with Gasteiger partial charge in [-0.1, -0.05) is 6.92 Å². The van der Waals surface area contributed by atoms with Crippen LogP contribution in [0.1, 0.15) is 32.6 Å². The minimum absolute atomic E-state index is 0.0398. The van der Waals surface area contributed by atoms with Gasteiger partial charge >= 0.3 is 0 Å². The summed E-state index contributed by atoms with van der Waals surface area (Å²) < 4.78 is 35.6. The topological polar surface area (TPSA) is 108 Å². The molecule has 1 aromatic carbocycles. The van der Waals surface area contributed by atoms with Gasteiger partial charge in [-0.25, -0.2) is 13.4 Å². The first-order chi connectivity index (χ1) is 14.8. The van der Waals surface area contributed by atoms with E-state index >= 15 is 0 Å². The van der Waals surface area contributed by atoms with Gasteiger partial charge < -0.3 is 14.4 Å². The predicted molar refractivity (Wildman–Crippen MR) is 117 cm³/mol. The third-order valence-electron chi connectivity index (χ3n) is 5.55. The highest BCUT2D eigenvalue weighted by Gasteiger charge is 2.33. The van der Waals surface area contributed by atoms with Crippen molar-refractivity contribution in [3.8, 4) is 11.5 Å². The summed E-state index contributed by atoms with van der Waals surface area (Å²) in [6.07, 6.45) is 3.43. The number of amides is 1. The van der Waals surface area contributed by atoms with Crippen LogP contribution in [0, 0.1) is 0 Å². The molecule has 1 unspecified atom stereocenters. The van der Waals surface area contributed by atoms with Gasteiger partial charge in [0, 0.05) is 31.6 Å². The van der Waals surface area contributed by atoms with E-state index in [9.17, 15) is 18.0 Å².